The van der Waals surface area contributed by atoms with Crippen molar-refractivity contribution in [2.45, 2.75) is 0 Å². The van der Waals surface area contributed by atoms with E-state index in [0.29, 0.717) is 5.75 Å². The number of hydrogen-bond acceptors (Lipinski definition) is 3. The van der Waals surface area contributed by atoms with E-state index in [2.05, 4.69) is 6.58 Å². The van der Waals surface area contributed by atoms with Gasteiger partial charge in [0.15, 0.2) is 0 Å². The highest BCUT2D eigenvalue weighted by Gasteiger charge is 1.81. The molecule has 0 N–H and O–H groups in total. The molecule has 0 aliphatic carbocycles. The molecule has 0 atom stereocenters. The first-order chi connectivity index (χ1) is 3.91. The smallest absolute Gasteiger partial charge is 0.130 e. The minimum absolute atomic E-state index is 0.582. The van der Waals surface area contributed by atoms with E-state index in [9.17, 15) is 4.79 Å². The molecule has 0 aromatic heterocycles. The number of hydrogen-bond donors (Lipinski definition) is 0. The lowest BCUT2D eigenvalue weighted by molar-refractivity contribution is -0.105. The topological polar surface area (TPSA) is 17.1 Å². The molecule has 0 aliphatic rings. The molecule has 0 saturated heterocycles. The number of rotatable bonds is 5. The summed E-state index contributed by atoms with van der Waals surface area (Å²) in [6.07, 6.45) is 2.73. The molecule has 3 heteroatoms. The van der Waals surface area contributed by atoms with Crippen molar-refractivity contribution < 1.29 is 4.79 Å². The van der Waals surface area contributed by atoms with Crippen molar-refractivity contribution in [2.75, 3.05) is 11.5 Å². The molecule has 0 heterocycles. The zero-order valence-electron chi connectivity index (χ0n) is 4.50. The van der Waals surface area contributed by atoms with Crippen LogP contribution in [0.3, 0.4) is 0 Å². The highest BCUT2D eigenvalue weighted by molar-refractivity contribution is 8.76. The van der Waals surface area contributed by atoms with Crippen molar-refractivity contribution in [2.24, 2.45) is 0 Å². The average molecular weight is 148 g/mol. The van der Waals surface area contributed by atoms with Crippen LogP contribution in [0, 0.1) is 0 Å². The largest absolute Gasteiger partial charge is 0.302 e. The zero-order valence-corrected chi connectivity index (χ0v) is 6.13. The Hall–Kier alpha value is 0.110. The predicted octanol–water partition coefficient (Wildman–Crippen LogP) is 1.75. The predicted molar refractivity (Wildman–Crippen MR) is 41.2 cm³/mol. The second-order valence-corrected chi connectivity index (χ2v) is 3.58. The first kappa shape index (κ1) is 8.11. The summed E-state index contributed by atoms with van der Waals surface area (Å²) >= 11 is 0. The summed E-state index contributed by atoms with van der Waals surface area (Å²) in [6, 6.07) is 0. The van der Waals surface area contributed by atoms with Crippen molar-refractivity contribution in [1.29, 1.82) is 0 Å². The molecular weight excluding hydrogens is 140 g/mol. The molecule has 0 unspecified atom stereocenters. The van der Waals surface area contributed by atoms with Crippen LogP contribution >= 0.6 is 21.6 Å². The Labute approximate surface area is 57.3 Å². The summed E-state index contributed by atoms with van der Waals surface area (Å²) in [5, 5.41) is 0. The van der Waals surface area contributed by atoms with Crippen LogP contribution in [0.25, 0.3) is 0 Å². The Morgan fingerprint density at radius 2 is 2.00 bits per heavy atom. The monoisotopic (exact) mass is 148 g/mol. The van der Waals surface area contributed by atoms with Gasteiger partial charge in [0, 0.05) is 5.75 Å². The number of aldehydes is 1. The van der Waals surface area contributed by atoms with Crippen LogP contribution in [-0.2, 0) is 4.79 Å². The zero-order chi connectivity index (χ0) is 6.24. The standard InChI is InChI=1S/C5H8OS2/c1-2-4-7-8-5-3-6/h2-3H,1,4-5H2. The van der Waals surface area contributed by atoms with Crippen LogP contribution in [0.4, 0.5) is 0 Å². The highest BCUT2D eigenvalue weighted by atomic mass is 33.1. The van der Waals surface area contributed by atoms with E-state index in [4.69, 9.17) is 0 Å². The lowest BCUT2D eigenvalue weighted by Gasteiger charge is -1.87. The Morgan fingerprint density at radius 1 is 1.38 bits per heavy atom. The van der Waals surface area contributed by atoms with Gasteiger partial charge >= 0.3 is 0 Å². The van der Waals surface area contributed by atoms with Crippen molar-refractivity contribution in [3.63, 3.8) is 0 Å². The summed E-state index contributed by atoms with van der Waals surface area (Å²) in [6.45, 7) is 3.54. The average Bonchev–Trinajstić information content (AvgIpc) is 1.81. The maximum Gasteiger partial charge on any atom is 0.130 e. The van der Waals surface area contributed by atoms with Crippen molar-refractivity contribution >= 4 is 27.9 Å². The Kier molecular flexibility index (Phi) is 7.21. The molecular formula is C5H8OS2. The van der Waals surface area contributed by atoms with Crippen LogP contribution in [0.5, 0.6) is 0 Å². The minimum atomic E-state index is 0.582. The van der Waals surface area contributed by atoms with E-state index in [-0.39, 0.29) is 0 Å². The van der Waals surface area contributed by atoms with Gasteiger partial charge in [-0.25, -0.2) is 0 Å². The van der Waals surface area contributed by atoms with Crippen molar-refractivity contribution in [1.82, 2.24) is 0 Å². The minimum Gasteiger partial charge on any atom is -0.302 e. The van der Waals surface area contributed by atoms with Gasteiger partial charge in [0.1, 0.15) is 6.29 Å². The third-order valence-electron chi connectivity index (χ3n) is 0.405. The second kappa shape index (κ2) is 7.11. The normalized spacial score (nSPS) is 8.50. The third-order valence-corrected chi connectivity index (χ3v) is 2.53. The molecule has 8 heavy (non-hydrogen) atoms. The molecule has 0 aliphatic heterocycles. The number of carbonyl (C=O) groups is 1. The Balaban J connectivity index is 2.71. The first-order valence-electron chi connectivity index (χ1n) is 2.20. The Bertz CT molecular complexity index is 62.8. The summed E-state index contributed by atoms with van der Waals surface area (Å²) in [5.41, 5.74) is 0. The SMILES string of the molecule is C=CCSSCC=O. The lowest BCUT2D eigenvalue weighted by atomic mass is 10.8. The maximum absolute atomic E-state index is 9.71. The molecule has 0 bridgehead atoms. The number of carbonyl (C=O) groups excluding carboxylic acids is 1. The maximum atomic E-state index is 9.71. The second-order valence-electron chi connectivity index (χ2n) is 1.02. The van der Waals surface area contributed by atoms with Crippen molar-refractivity contribution in [3.8, 4) is 0 Å². The van der Waals surface area contributed by atoms with Crippen LogP contribution < -0.4 is 0 Å². The van der Waals surface area contributed by atoms with Gasteiger partial charge in [0.2, 0.25) is 0 Å². The van der Waals surface area contributed by atoms with Gasteiger partial charge in [-0.3, -0.25) is 0 Å². The quantitative estimate of drug-likeness (QED) is 0.256. The van der Waals surface area contributed by atoms with Crippen LogP contribution in [0.2, 0.25) is 0 Å². The summed E-state index contributed by atoms with van der Waals surface area (Å²) < 4.78 is 0. The van der Waals surface area contributed by atoms with Gasteiger partial charge in [-0.1, -0.05) is 27.7 Å². The highest BCUT2D eigenvalue weighted by Crippen LogP contribution is 2.18. The molecule has 0 saturated carbocycles. The molecule has 1 nitrogen and oxygen atoms in total. The summed E-state index contributed by atoms with van der Waals surface area (Å²) in [4.78, 5) is 9.71. The molecule has 0 rings (SSSR count). The fraction of sp³-hybridized carbons (Fsp3) is 0.400. The van der Waals surface area contributed by atoms with Crippen LogP contribution in [-0.4, -0.2) is 17.8 Å². The molecule has 0 fully saturated rings. The summed E-state index contributed by atoms with van der Waals surface area (Å²) in [7, 11) is 3.20. The van der Waals surface area contributed by atoms with E-state index in [1.807, 2.05) is 6.08 Å². The van der Waals surface area contributed by atoms with Gasteiger partial charge in [-0.2, -0.15) is 0 Å². The van der Waals surface area contributed by atoms with E-state index in [1.165, 1.54) is 0 Å². The van der Waals surface area contributed by atoms with E-state index in [1.54, 1.807) is 21.6 Å². The summed E-state index contributed by atoms with van der Waals surface area (Å²) in [5.74, 6) is 1.50. The third kappa shape index (κ3) is 6.11. The fourth-order valence-electron chi connectivity index (χ4n) is 0.172. The van der Waals surface area contributed by atoms with Crippen LogP contribution in [0.15, 0.2) is 12.7 Å². The molecule has 0 amide bonds. The van der Waals surface area contributed by atoms with E-state index in [0.717, 1.165) is 12.0 Å². The molecule has 0 radical (unpaired) electrons. The molecule has 0 aromatic rings. The van der Waals surface area contributed by atoms with Gasteiger partial charge < -0.3 is 4.79 Å². The van der Waals surface area contributed by atoms with Gasteiger partial charge in [0.05, 0.1) is 5.75 Å². The van der Waals surface area contributed by atoms with Gasteiger partial charge in [-0.05, 0) is 0 Å². The van der Waals surface area contributed by atoms with E-state index < -0.39 is 0 Å². The molecule has 0 aromatic carbocycles. The van der Waals surface area contributed by atoms with Crippen molar-refractivity contribution in [3.05, 3.63) is 12.7 Å². The Morgan fingerprint density at radius 3 is 2.50 bits per heavy atom. The van der Waals surface area contributed by atoms with E-state index >= 15 is 0 Å². The van der Waals surface area contributed by atoms with Crippen LogP contribution in [0.1, 0.15) is 0 Å². The molecule has 46 valence electrons. The van der Waals surface area contributed by atoms with Gasteiger partial charge in [-0.15, -0.1) is 6.58 Å². The lowest BCUT2D eigenvalue weighted by Crippen LogP contribution is -1.72. The first-order valence-corrected chi connectivity index (χ1v) is 4.69. The van der Waals surface area contributed by atoms with Gasteiger partial charge in [0.25, 0.3) is 0 Å². The molecule has 0 spiro atoms. The fourth-order valence-corrected chi connectivity index (χ4v) is 1.55.